The fourth-order valence-corrected chi connectivity index (χ4v) is 2.96. The molecule has 1 aliphatic rings. The zero-order valence-electron chi connectivity index (χ0n) is 10.6. The summed E-state index contributed by atoms with van der Waals surface area (Å²) < 4.78 is 37.3. The number of sulfonamides is 1. The van der Waals surface area contributed by atoms with E-state index in [-0.39, 0.29) is 17.5 Å². The maximum atomic E-state index is 12.0. The Balaban J connectivity index is 1.97. The van der Waals surface area contributed by atoms with Gasteiger partial charge in [-0.15, -0.1) is 0 Å². The van der Waals surface area contributed by atoms with Crippen molar-refractivity contribution in [3.63, 3.8) is 0 Å². The van der Waals surface area contributed by atoms with Gasteiger partial charge in [-0.3, -0.25) is 5.10 Å². The summed E-state index contributed by atoms with van der Waals surface area (Å²) >= 11 is 0. The first-order valence-electron chi connectivity index (χ1n) is 5.61. The lowest BCUT2D eigenvalue weighted by molar-refractivity contribution is -0.137. The first-order chi connectivity index (χ1) is 8.30. The normalized spacial score (nSPS) is 23.4. The summed E-state index contributed by atoms with van der Waals surface area (Å²) in [4.78, 5) is 0.153. The molecule has 8 heteroatoms. The number of H-pyrrole nitrogens is 1. The van der Waals surface area contributed by atoms with E-state index in [1.807, 2.05) is 0 Å². The van der Waals surface area contributed by atoms with Gasteiger partial charge in [-0.05, 0) is 20.8 Å². The van der Waals surface area contributed by atoms with Crippen molar-refractivity contribution in [3.05, 3.63) is 11.9 Å². The molecule has 0 spiro atoms. The molecular weight excluding hydrogens is 258 g/mol. The topological polar surface area (TPSA) is 93.3 Å². The molecule has 2 rings (SSSR count). The molecule has 1 saturated heterocycles. The Hall–Kier alpha value is -0.960. The lowest BCUT2D eigenvalue weighted by Gasteiger charge is -2.17. The second-order valence-corrected chi connectivity index (χ2v) is 6.40. The van der Waals surface area contributed by atoms with Crippen molar-refractivity contribution in [1.29, 1.82) is 0 Å². The molecule has 1 fully saturated rings. The van der Waals surface area contributed by atoms with Gasteiger partial charge in [0.1, 0.15) is 4.90 Å². The smallest absolute Gasteiger partial charge is 0.244 e. The predicted octanol–water partition coefficient (Wildman–Crippen LogP) is 0.148. The standard InChI is InChI=1S/C10H17N3O4S/c1-7-9(5-11-13-7)18(14,15)12-4-8-6-16-10(2,3)17-8/h5,8,12H,4,6H2,1-3H3,(H,11,13). The quantitative estimate of drug-likeness (QED) is 0.815. The van der Waals surface area contributed by atoms with Crippen LogP contribution in [0.5, 0.6) is 0 Å². The molecular formula is C10H17N3O4S. The summed E-state index contributed by atoms with van der Waals surface area (Å²) in [6.07, 6.45) is 1.01. The molecule has 0 aliphatic carbocycles. The van der Waals surface area contributed by atoms with E-state index in [1.54, 1.807) is 20.8 Å². The van der Waals surface area contributed by atoms with Gasteiger partial charge in [0.05, 0.1) is 24.6 Å². The highest BCUT2D eigenvalue weighted by atomic mass is 32.2. The van der Waals surface area contributed by atoms with E-state index in [9.17, 15) is 8.42 Å². The van der Waals surface area contributed by atoms with Gasteiger partial charge in [0.15, 0.2) is 5.79 Å². The average molecular weight is 275 g/mol. The van der Waals surface area contributed by atoms with Crippen LogP contribution in [0.4, 0.5) is 0 Å². The lowest BCUT2D eigenvalue weighted by Crippen LogP contribution is -2.34. The SMILES string of the molecule is Cc1[nH]ncc1S(=O)(=O)NCC1COC(C)(C)O1. The van der Waals surface area contributed by atoms with Gasteiger partial charge in [-0.25, -0.2) is 13.1 Å². The van der Waals surface area contributed by atoms with Crippen LogP contribution in [0.15, 0.2) is 11.1 Å². The van der Waals surface area contributed by atoms with Crippen LogP contribution in [0.3, 0.4) is 0 Å². The third kappa shape index (κ3) is 2.89. The minimum absolute atomic E-state index is 0.153. The van der Waals surface area contributed by atoms with Crippen LogP contribution in [0, 0.1) is 6.92 Å². The highest BCUT2D eigenvalue weighted by Crippen LogP contribution is 2.22. The van der Waals surface area contributed by atoms with Crippen molar-refractivity contribution in [2.24, 2.45) is 0 Å². The molecule has 1 aromatic heterocycles. The summed E-state index contributed by atoms with van der Waals surface area (Å²) in [6.45, 7) is 5.79. The molecule has 1 aromatic rings. The van der Waals surface area contributed by atoms with E-state index in [2.05, 4.69) is 14.9 Å². The Bertz CT molecular complexity index is 523. The van der Waals surface area contributed by atoms with Gasteiger partial charge in [0, 0.05) is 6.54 Å². The van der Waals surface area contributed by atoms with Gasteiger partial charge < -0.3 is 9.47 Å². The van der Waals surface area contributed by atoms with Crippen LogP contribution in [0.2, 0.25) is 0 Å². The molecule has 1 unspecified atom stereocenters. The molecule has 2 N–H and O–H groups in total. The van der Waals surface area contributed by atoms with E-state index in [0.717, 1.165) is 0 Å². The molecule has 102 valence electrons. The molecule has 2 heterocycles. The van der Waals surface area contributed by atoms with Crippen LogP contribution in [-0.2, 0) is 19.5 Å². The van der Waals surface area contributed by atoms with Crippen LogP contribution in [0.1, 0.15) is 19.5 Å². The van der Waals surface area contributed by atoms with Gasteiger partial charge in [-0.1, -0.05) is 0 Å². The third-order valence-electron chi connectivity index (χ3n) is 2.64. The molecule has 0 bridgehead atoms. The van der Waals surface area contributed by atoms with Crippen molar-refractivity contribution in [3.8, 4) is 0 Å². The fourth-order valence-electron chi connectivity index (χ4n) is 1.75. The highest BCUT2D eigenvalue weighted by Gasteiger charge is 2.33. The number of aromatic amines is 1. The van der Waals surface area contributed by atoms with E-state index in [0.29, 0.717) is 12.3 Å². The number of aromatic nitrogens is 2. The van der Waals surface area contributed by atoms with Crippen LogP contribution in [0.25, 0.3) is 0 Å². The van der Waals surface area contributed by atoms with Gasteiger partial charge in [0.25, 0.3) is 0 Å². The molecule has 7 nitrogen and oxygen atoms in total. The summed E-state index contributed by atoms with van der Waals surface area (Å²) in [7, 11) is -3.55. The van der Waals surface area contributed by atoms with Crippen molar-refractivity contribution in [2.75, 3.05) is 13.2 Å². The Morgan fingerprint density at radius 3 is 2.83 bits per heavy atom. The maximum absolute atomic E-state index is 12.0. The second kappa shape index (κ2) is 4.61. The van der Waals surface area contributed by atoms with Crippen molar-refractivity contribution >= 4 is 10.0 Å². The molecule has 18 heavy (non-hydrogen) atoms. The Morgan fingerprint density at radius 2 is 2.33 bits per heavy atom. The number of nitrogens with one attached hydrogen (secondary N) is 2. The average Bonchev–Trinajstić information content (AvgIpc) is 2.82. The fraction of sp³-hybridized carbons (Fsp3) is 0.700. The van der Waals surface area contributed by atoms with Crippen LogP contribution in [-0.4, -0.2) is 43.7 Å². The van der Waals surface area contributed by atoms with Gasteiger partial charge in [0.2, 0.25) is 10.0 Å². The molecule has 1 aliphatic heterocycles. The molecule has 0 aromatic carbocycles. The zero-order valence-corrected chi connectivity index (χ0v) is 11.4. The van der Waals surface area contributed by atoms with Gasteiger partial charge in [-0.2, -0.15) is 5.10 Å². The molecule has 0 amide bonds. The Kier molecular flexibility index (Phi) is 3.45. The summed E-state index contributed by atoms with van der Waals surface area (Å²) in [5.41, 5.74) is 0.506. The monoisotopic (exact) mass is 275 g/mol. The number of rotatable bonds is 4. The van der Waals surface area contributed by atoms with Crippen LogP contribution >= 0.6 is 0 Å². The zero-order chi connectivity index (χ0) is 13.4. The van der Waals surface area contributed by atoms with E-state index in [1.165, 1.54) is 6.20 Å². The number of aryl methyl sites for hydroxylation is 1. The van der Waals surface area contributed by atoms with Crippen molar-refractivity contribution < 1.29 is 17.9 Å². The Morgan fingerprint density at radius 1 is 1.61 bits per heavy atom. The largest absolute Gasteiger partial charge is 0.348 e. The first kappa shape index (κ1) is 13.5. The van der Waals surface area contributed by atoms with E-state index >= 15 is 0 Å². The van der Waals surface area contributed by atoms with Crippen molar-refractivity contribution in [2.45, 2.75) is 37.6 Å². The molecule has 1 atom stereocenters. The summed E-state index contributed by atoms with van der Waals surface area (Å²) in [5.74, 6) is -0.651. The summed E-state index contributed by atoms with van der Waals surface area (Å²) in [6, 6.07) is 0. The number of hydrogen-bond donors (Lipinski definition) is 2. The first-order valence-corrected chi connectivity index (χ1v) is 7.10. The van der Waals surface area contributed by atoms with Gasteiger partial charge >= 0.3 is 0 Å². The Labute approximate surface area is 106 Å². The van der Waals surface area contributed by atoms with E-state index in [4.69, 9.17) is 9.47 Å². The minimum Gasteiger partial charge on any atom is -0.348 e. The minimum atomic E-state index is -3.55. The number of hydrogen-bond acceptors (Lipinski definition) is 5. The predicted molar refractivity (Wildman–Crippen MR) is 63.4 cm³/mol. The van der Waals surface area contributed by atoms with Crippen LogP contribution < -0.4 is 4.72 Å². The van der Waals surface area contributed by atoms with Crippen molar-refractivity contribution in [1.82, 2.24) is 14.9 Å². The third-order valence-corrected chi connectivity index (χ3v) is 4.18. The molecule has 0 radical (unpaired) electrons. The van der Waals surface area contributed by atoms with E-state index < -0.39 is 15.8 Å². The lowest BCUT2D eigenvalue weighted by atomic mass is 10.4. The maximum Gasteiger partial charge on any atom is 0.244 e. The highest BCUT2D eigenvalue weighted by molar-refractivity contribution is 7.89. The number of nitrogens with zero attached hydrogens (tertiary/aromatic N) is 1. The molecule has 0 saturated carbocycles. The summed E-state index contributed by atoms with van der Waals surface area (Å²) in [5, 5.41) is 6.28. The second-order valence-electron chi connectivity index (χ2n) is 4.66. The number of ether oxygens (including phenoxy) is 2.